The first-order valence-electron chi connectivity index (χ1n) is 3.33. The standard InChI is InChI=1S/C7H10N2O2S.Na/c1-3-11-7(10)5(4-8)6(12)9-2;/h9,12H,3H2,1-2H3;/q;+1/p-1/b6-5+;. The van der Waals surface area contributed by atoms with Crippen molar-refractivity contribution in [1.82, 2.24) is 5.32 Å². The zero-order valence-corrected chi connectivity index (χ0v) is 10.7. The van der Waals surface area contributed by atoms with Crippen LogP contribution in [0.4, 0.5) is 0 Å². The molecule has 0 aliphatic rings. The van der Waals surface area contributed by atoms with Crippen molar-refractivity contribution in [3.63, 3.8) is 0 Å². The van der Waals surface area contributed by atoms with Crippen LogP contribution in [0.1, 0.15) is 6.92 Å². The van der Waals surface area contributed by atoms with Gasteiger partial charge in [0, 0.05) is 7.05 Å². The number of hydrogen-bond donors (Lipinski definition) is 1. The molecule has 0 saturated heterocycles. The van der Waals surface area contributed by atoms with Crippen LogP contribution in [0.5, 0.6) is 0 Å². The van der Waals surface area contributed by atoms with E-state index in [0.717, 1.165) is 0 Å². The molecule has 0 aromatic heterocycles. The molecule has 0 aliphatic heterocycles. The average Bonchev–Trinajstić information content (AvgIpc) is 2.06. The summed E-state index contributed by atoms with van der Waals surface area (Å²) in [5, 5.41) is 11.1. The Balaban J connectivity index is 0. The maximum atomic E-state index is 11.0. The maximum absolute atomic E-state index is 11.0. The normalized spacial score (nSPS) is 10.2. The number of carbonyl (C=O) groups excluding carboxylic acids is 1. The number of nitriles is 1. The molecule has 0 saturated carbocycles. The van der Waals surface area contributed by atoms with Gasteiger partial charge in [-0.1, -0.05) is 5.03 Å². The summed E-state index contributed by atoms with van der Waals surface area (Å²) >= 11 is 4.69. The number of nitrogens with zero attached hydrogens (tertiary/aromatic N) is 1. The molecule has 13 heavy (non-hydrogen) atoms. The first-order chi connectivity index (χ1) is 5.67. The van der Waals surface area contributed by atoms with E-state index in [1.54, 1.807) is 20.0 Å². The fraction of sp³-hybridized carbons (Fsp3) is 0.429. The van der Waals surface area contributed by atoms with E-state index in [0.29, 0.717) is 0 Å². The fourth-order valence-corrected chi connectivity index (χ4v) is 0.646. The summed E-state index contributed by atoms with van der Waals surface area (Å²) < 4.78 is 4.59. The van der Waals surface area contributed by atoms with Crippen LogP contribution in [-0.4, -0.2) is 19.6 Å². The van der Waals surface area contributed by atoms with Crippen molar-refractivity contribution in [3.8, 4) is 6.07 Å². The van der Waals surface area contributed by atoms with Crippen LogP contribution in [0.2, 0.25) is 0 Å². The molecule has 0 amide bonds. The summed E-state index contributed by atoms with van der Waals surface area (Å²) in [6.07, 6.45) is 0. The Morgan fingerprint density at radius 2 is 2.23 bits per heavy atom. The number of hydrogen-bond acceptors (Lipinski definition) is 5. The smallest absolute Gasteiger partial charge is 0.761 e. The molecule has 0 atom stereocenters. The van der Waals surface area contributed by atoms with Gasteiger partial charge in [-0.15, -0.1) is 0 Å². The first kappa shape index (κ1) is 15.2. The molecular weight excluding hydrogens is 199 g/mol. The topological polar surface area (TPSA) is 62.1 Å². The van der Waals surface area contributed by atoms with Crippen LogP contribution >= 0.6 is 0 Å². The molecule has 0 unspecified atom stereocenters. The number of nitrogens with one attached hydrogen (secondary N) is 1. The van der Waals surface area contributed by atoms with Crippen molar-refractivity contribution >= 4 is 18.6 Å². The van der Waals surface area contributed by atoms with Crippen molar-refractivity contribution in [2.45, 2.75) is 6.92 Å². The Morgan fingerprint density at radius 3 is 2.54 bits per heavy atom. The third-order valence-electron chi connectivity index (χ3n) is 1.05. The van der Waals surface area contributed by atoms with Crippen LogP contribution in [0.15, 0.2) is 10.6 Å². The van der Waals surface area contributed by atoms with Gasteiger partial charge in [0.2, 0.25) is 0 Å². The third-order valence-corrected chi connectivity index (χ3v) is 1.45. The van der Waals surface area contributed by atoms with E-state index in [4.69, 9.17) is 17.9 Å². The number of rotatable bonds is 3. The van der Waals surface area contributed by atoms with Gasteiger partial charge in [-0.05, 0) is 6.92 Å². The Bertz CT molecular complexity index is 247. The molecule has 0 bridgehead atoms. The molecule has 4 nitrogen and oxygen atoms in total. The van der Waals surface area contributed by atoms with Gasteiger partial charge in [0.15, 0.2) is 0 Å². The monoisotopic (exact) mass is 208 g/mol. The van der Waals surface area contributed by atoms with Crippen LogP contribution in [-0.2, 0) is 22.2 Å². The van der Waals surface area contributed by atoms with E-state index in [9.17, 15) is 4.79 Å². The Labute approximate surface area is 105 Å². The van der Waals surface area contributed by atoms with E-state index >= 15 is 0 Å². The van der Waals surface area contributed by atoms with Gasteiger partial charge >= 0.3 is 35.5 Å². The van der Waals surface area contributed by atoms with Gasteiger partial charge < -0.3 is 22.7 Å². The molecule has 0 heterocycles. The van der Waals surface area contributed by atoms with Crippen molar-refractivity contribution in [1.29, 1.82) is 5.26 Å². The molecule has 0 aromatic carbocycles. The van der Waals surface area contributed by atoms with Crippen molar-refractivity contribution in [2.75, 3.05) is 13.7 Å². The van der Waals surface area contributed by atoms with Gasteiger partial charge in [0.25, 0.3) is 0 Å². The quantitative estimate of drug-likeness (QED) is 0.177. The predicted molar refractivity (Wildman–Crippen MR) is 45.7 cm³/mol. The summed E-state index contributed by atoms with van der Waals surface area (Å²) in [4.78, 5) is 11.0. The SMILES string of the molecule is CCOC(=O)/C(C#N)=C(/[S-])NC.[Na+]. The largest absolute Gasteiger partial charge is 1.00 e. The molecule has 66 valence electrons. The molecular formula is C7H9N2NaO2S. The number of carbonyl (C=O) groups is 1. The van der Waals surface area contributed by atoms with Crippen molar-refractivity contribution < 1.29 is 39.1 Å². The van der Waals surface area contributed by atoms with Gasteiger partial charge in [-0.2, -0.15) is 5.26 Å². The molecule has 0 radical (unpaired) electrons. The van der Waals surface area contributed by atoms with Crippen LogP contribution < -0.4 is 34.9 Å². The van der Waals surface area contributed by atoms with Crippen LogP contribution in [0, 0.1) is 11.3 Å². The molecule has 0 spiro atoms. The van der Waals surface area contributed by atoms with E-state index in [1.807, 2.05) is 0 Å². The Hall–Kier alpha value is -0.280. The van der Waals surface area contributed by atoms with Gasteiger partial charge in [0.1, 0.15) is 11.6 Å². The van der Waals surface area contributed by atoms with Crippen molar-refractivity contribution in [3.05, 3.63) is 10.6 Å². The minimum Gasteiger partial charge on any atom is -0.761 e. The molecule has 0 fully saturated rings. The predicted octanol–water partition coefficient (Wildman–Crippen LogP) is -2.95. The number of ether oxygens (including phenoxy) is 1. The van der Waals surface area contributed by atoms with E-state index in [1.165, 1.54) is 0 Å². The third kappa shape index (κ3) is 5.11. The summed E-state index contributed by atoms with van der Waals surface area (Å²) in [5.74, 6) is -0.681. The van der Waals surface area contributed by atoms with Crippen LogP contribution in [0.25, 0.3) is 0 Å². The van der Waals surface area contributed by atoms with Gasteiger partial charge in [-0.25, -0.2) is 4.79 Å². The second-order valence-electron chi connectivity index (χ2n) is 1.79. The molecule has 6 heteroatoms. The van der Waals surface area contributed by atoms with Gasteiger partial charge in [-0.3, -0.25) is 0 Å². The zero-order chi connectivity index (χ0) is 9.56. The Morgan fingerprint density at radius 1 is 1.69 bits per heavy atom. The minimum absolute atomic E-state index is 0. The van der Waals surface area contributed by atoms with E-state index < -0.39 is 5.97 Å². The summed E-state index contributed by atoms with van der Waals surface area (Å²) in [7, 11) is 1.54. The number of esters is 1. The molecule has 0 rings (SSSR count). The second-order valence-corrected chi connectivity index (χ2v) is 2.19. The molecule has 0 aliphatic carbocycles. The van der Waals surface area contributed by atoms with E-state index in [2.05, 4.69) is 10.1 Å². The maximum Gasteiger partial charge on any atom is 1.00 e. The summed E-state index contributed by atoms with van der Waals surface area (Å²) in [5.41, 5.74) is -0.158. The summed E-state index contributed by atoms with van der Waals surface area (Å²) in [6.45, 7) is 1.89. The molecule has 0 aromatic rings. The first-order valence-corrected chi connectivity index (χ1v) is 3.74. The summed E-state index contributed by atoms with van der Waals surface area (Å²) in [6, 6.07) is 1.68. The van der Waals surface area contributed by atoms with Crippen LogP contribution in [0.3, 0.4) is 0 Å². The Kier molecular flexibility index (Phi) is 9.74. The average molecular weight is 208 g/mol. The van der Waals surface area contributed by atoms with Gasteiger partial charge in [0.05, 0.1) is 6.61 Å². The fourth-order valence-electron chi connectivity index (χ4n) is 0.517. The zero-order valence-electron chi connectivity index (χ0n) is 7.88. The van der Waals surface area contributed by atoms with E-state index in [-0.39, 0.29) is 46.8 Å². The minimum atomic E-state index is -0.681. The second kappa shape index (κ2) is 8.32. The van der Waals surface area contributed by atoms with Crippen molar-refractivity contribution in [2.24, 2.45) is 0 Å². The molecule has 1 N–H and O–H groups in total.